The first kappa shape index (κ1) is 10.8. The quantitative estimate of drug-likeness (QED) is 0.898. The van der Waals surface area contributed by atoms with Gasteiger partial charge >= 0.3 is 0 Å². The monoisotopic (exact) mass is 259 g/mol. The molecule has 0 bridgehead atoms. The van der Waals surface area contributed by atoms with E-state index in [-0.39, 0.29) is 0 Å². The summed E-state index contributed by atoms with van der Waals surface area (Å²) in [5.41, 5.74) is 4.41. The van der Waals surface area contributed by atoms with Crippen molar-refractivity contribution in [2.24, 2.45) is 5.92 Å². The van der Waals surface area contributed by atoms with E-state index in [2.05, 4.69) is 33.4 Å². The Balaban J connectivity index is 1.60. The Kier molecular flexibility index (Phi) is 2.52. The number of fused-ring (bicyclic) bond motifs is 1. The van der Waals surface area contributed by atoms with Gasteiger partial charge in [0.15, 0.2) is 0 Å². The minimum Gasteiger partial charge on any atom is -0.369 e. The van der Waals surface area contributed by atoms with Gasteiger partial charge in [0.2, 0.25) is 0 Å². The van der Waals surface area contributed by atoms with E-state index in [4.69, 9.17) is 0 Å². The molecule has 94 valence electrons. The Morgan fingerprint density at radius 3 is 3.17 bits per heavy atom. The summed E-state index contributed by atoms with van der Waals surface area (Å²) < 4.78 is 1.30. The molecule has 1 saturated carbocycles. The molecule has 1 aliphatic carbocycles. The van der Waals surface area contributed by atoms with Gasteiger partial charge in [0.1, 0.15) is 0 Å². The minimum absolute atomic E-state index is 0.705. The smallest absolute Gasteiger partial charge is 0.0813 e. The van der Waals surface area contributed by atoms with E-state index in [9.17, 15) is 0 Å². The molecule has 2 aliphatic rings. The largest absolute Gasteiger partial charge is 0.369 e. The molecular weight excluding hydrogens is 242 g/mol. The van der Waals surface area contributed by atoms with Gasteiger partial charge < -0.3 is 10.2 Å². The molecule has 2 aromatic rings. The zero-order chi connectivity index (χ0) is 11.9. The summed E-state index contributed by atoms with van der Waals surface area (Å²) in [5.74, 6) is 0.930. The average Bonchev–Trinajstić information content (AvgIpc) is 3.17. The molecule has 1 aromatic carbocycles. The molecule has 4 rings (SSSR count). The number of rotatable bonds is 2. The molecule has 2 heterocycles. The van der Waals surface area contributed by atoms with Crippen LogP contribution >= 0.6 is 11.3 Å². The summed E-state index contributed by atoms with van der Waals surface area (Å²) in [6, 6.07) is 7.37. The molecular formula is C14H17N3S. The molecule has 0 amide bonds. The second kappa shape index (κ2) is 4.21. The van der Waals surface area contributed by atoms with Crippen LogP contribution in [-0.4, -0.2) is 30.7 Å². The molecule has 1 aromatic heterocycles. The van der Waals surface area contributed by atoms with Gasteiger partial charge in [-0.3, -0.25) is 0 Å². The summed E-state index contributed by atoms with van der Waals surface area (Å²) in [4.78, 5) is 6.87. The molecule has 0 radical (unpaired) electrons. The fraction of sp³-hybridized carbons (Fsp3) is 0.500. The van der Waals surface area contributed by atoms with Crippen LogP contribution in [0.25, 0.3) is 10.2 Å². The van der Waals surface area contributed by atoms with Crippen LogP contribution in [0.15, 0.2) is 23.7 Å². The third kappa shape index (κ3) is 1.89. The number of aromatic nitrogens is 1. The summed E-state index contributed by atoms with van der Waals surface area (Å²) in [6.45, 7) is 3.39. The molecule has 1 N–H and O–H groups in total. The van der Waals surface area contributed by atoms with Crippen LogP contribution in [-0.2, 0) is 0 Å². The van der Waals surface area contributed by atoms with E-state index in [0.717, 1.165) is 31.1 Å². The Labute approximate surface area is 111 Å². The summed E-state index contributed by atoms with van der Waals surface area (Å²) >= 11 is 1.73. The zero-order valence-corrected chi connectivity index (χ0v) is 11.1. The Hall–Kier alpha value is -1.13. The van der Waals surface area contributed by atoms with E-state index in [1.807, 2.05) is 5.51 Å². The van der Waals surface area contributed by atoms with E-state index in [0.29, 0.717) is 6.04 Å². The maximum absolute atomic E-state index is 4.35. The van der Waals surface area contributed by atoms with Crippen molar-refractivity contribution >= 4 is 27.2 Å². The van der Waals surface area contributed by atoms with E-state index in [1.165, 1.54) is 23.2 Å². The van der Waals surface area contributed by atoms with Crippen molar-refractivity contribution in [1.29, 1.82) is 0 Å². The molecule has 3 nitrogen and oxygen atoms in total. The van der Waals surface area contributed by atoms with Crippen LogP contribution in [0.4, 0.5) is 5.69 Å². The van der Waals surface area contributed by atoms with Gasteiger partial charge in [-0.2, -0.15) is 0 Å². The average molecular weight is 259 g/mol. The van der Waals surface area contributed by atoms with E-state index in [1.54, 1.807) is 11.3 Å². The first-order valence-electron chi connectivity index (χ1n) is 6.72. The van der Waals surface area contributed by atoms with Crippen LogP contribution in [0.3, 0.4) is 0 Å². The van der Waals surface area contributed by atoms with Crippen LogP contribution in [0.5, 0.6) is 0 Å². The van der Waals surface area contributed by atoms with Crippen LogP contribution in [0, 0.1) is 5.92 Å². The minimum atomic E-state index is 0.705. The second-order valence-electron chi connectivity index (χ2n) is 5.35. The number of thiazole rings is 1. The summed E-state index contributed by atoms with van der Waals surface area (Å²) in [6.07, 6.45) is 2.83. The fourth-order valence-corrected chi connectivity index (χ4v) is 3.58. The number of nitrogens with zero attached hydrogens (tertiary/aromatic N) is 2. The SMILES string of the molecule is c1nc2ccc(N3CCNC(C4CC4)C3)cc2s1. The highest BCUT2D eigenvalue weighted by Crippen LogP contribution is 2.34. The number of anilines is 1. The van der Waals surface area contributed by atoms with Gasteiger partial charge in [-0.1, -0.05) is 0 Å². The lowest BCUT2D eigenvalue weighted by atomic mass is 10.1. The Morgan fingerprint density at radius 1 is 1.33 bits per heavy atom. The van der Waals surface area contributed by atoms with Crippen LogP contribution < -0.4 is 10.2 Å². The molecule has 18 heavy (non-hydrogen) atoms. The van der Waals surface area contributed by atoms with Crippen molar-refractivity contribution in [2.45, 2.75) is 18.9 Å². The highest BCUT2D eigenvalue weighted by atomic mass is 32.1. The Bertz CT molecular complexity index is 561. The summed E-state index contributed by atoms with van der Waals surface area (Å²) in [5, 5.41) is 3.66. The lowest BCUT2D eigenvalue weighted by Crippen LogP contribution is -2.51. The highest BCUT2D eigenvalue weighted by Gasteiger charge is 2.34. The van der Waals surface area contributed by atoms with Crippen molar-refractivity contribution in [3.8, 4) is 0 Å². The van der Waals surface area contributed by atoms with Gasteiger partial charge in [-0.15, -0.1) is 11.3 Å². The lowest BCUT2D eigenvalue weighted by Gasteiger charge is -2.35. The van der Waals surface area contributed by atoms with Crippen LogP contribution in [0.2, 0.25) is 0 Å². The Morgan fingerprint density at radius 2 is 2.28 bits per heavy atom. The van der Waals surface area contributed by atoms with E-state index >= 15 is 0 Å². The molecule has 2 fully saturated rings. The number of piperazine rings is 1. The maximum atomic E-state index is 4.35. The standard InChI is InChI=1S/C14H17N3S/c1-2-10(1)13-8-17(6-5-15-13)11-3-4-12-14(7-11)18-9-16-12/h3-4,7,9-10,13,15H,1-2,5-6,8H2. The van der Waals surface area contributed by atoms with Crippen LogP contribution in [0.1, 0.15) is 12.8 Å². The van der Waals surface area contributed by atoms with Gasteiger partial charge in [0, 0.05) is 31.4 Å². The predicted octanol–water partition coefficient (Wildman–Crippen LogP) is 2.48. The van der Waals surface area contributed by atoms with Gasteiger partial charge in [0.25, 0.3) is 0 Å². The second-order valence-corrected chi connectivity index (χ2v) is 6.23. The van der Waals surface area contributed by atoms with Crippen molar-refractivity contribution in [3.05, 3.63) is 23.7 Å². The van der Waals surface area contributed by atoms with Crippen molar-refractivity contribution < 1.29 is 0 Å². The van der Waals surface area contributed by atoms with Gasteiger partial charge in [-0.25, -0.2) is 4.98 Å². The molecule has 1 atom stereocenters. The maximum Gasteiger partial charge on any atom is 0.0813 e. The first-order valence-corrected chi connectivity index (χ1v) is 7.60. The van der Waals surface area contributed by atoms with E-state index < -0.39 is 0 Å². The molecule has 1 unspecified atom stereocenters. The van der Waals surface area contributed by atoms with Crippen molar-refractivity contribution in [3.63, 3.8) is 0 Å². The van der Waals surface area contributed by atoms with Gasteiger partial charge in [-0.05, 0) is 37.0 Å². The van der Waals surface area contributed by atoms with Gasteiger partial charge in [0.05, 0.1) is 15.7 Å². The highest BCUT2D eigenvalue weighted by molar-refractivity contribution is 7.16. The molecule has 4 heteroatoms. The molecule has 0 spiro atoms. The lowest BCUT2D eigenvalue weighted by molar-refractivity contribution is 0.419. The zero-order valence-electron chi connectivity index (χ0n) is 10.3. The predicted molar refractivity (Wildman–Crippen MR) is 76.3 cm³/mol. The third-order valence-electron chi connectivity index (χ3n) is 4.08. The fourth-order valence-electron chi connectivity index (χ4n) is 2.87. The molecule has 1 saturated heterocycles. The number of benzene rings is 1. The number of hydrogen-bond donors (Lipinski definition) is 1. The normalized spacial score (nSPS) is 24.7. The topological polar surface area (TPSA) is 28.2 Å². The van der Waals surface area contributed by atoms with Crippen molar-refractivity contribution in [1.82, 2.24) is 10.3 Å². The molecule has 1 aliphatic heterocycles. The number of nitrogens with one attached hydrogen (secondary N) is 1. The third-order valence-corrected chi connectivity index (χ3v) is 4.87. The first-order chi connectivity index (χ1) is 8.90. The number of hydrogen-bond acceptors (Lipinski definition) is 4. The van der Waals surface area contributed by atoms with Crippen molar-refractivity contribution in [2.75, 3.05) is 24.5 Å². The summed E-state index contributed by atoms with van der Waals surface area (Å²) in [7, 11) is 0.